The molecule has 1 aromatic heterocycles. The highest BCUT2D eigenvalue weighted by atomic mass is 79.9. The lowest BCUT2D eigenvalue weighted by atomic mass is 10.0. The van der Waals surface area contributed by atoms with Gasteiger partial charge in [0.15, 0.2) is 0 Å². The number of carbonyl (C=O) groups is 1. The van der Waals surface area contributed by atoms with E-state index in [4.69, 9.17) is 0 Å². The van der Waals surface area contributed by atoms with Crippen LogP contribution < -0.4 is 0 Å². The highest BCUT2D eigenvalue weighted by molar-refractivity contribution is 9.10. The number of ketones is 1. The molecule has 0 saturated carbocycles. The molecule has 114 valence electrons. The van der Waals surface area contributed by atoms with E-state index in [-0.39, 0.29) is 0 Å². The van der Waals surface area contributed by atoms with Crippen molar-refractivity contribution in [1.29, 1.82) is 0 Å². The molecule has 0 aliphatic carbocycles. The van der Waals surface area contributed by atoms with E-state index in [1.165, 1.54) is 53.4 Å². The Balaban J connectivity index is 2.46. The van der Waals surface area contributed by atoms with Gasteiger partial charge in [-0.3, -0.25) is 4.79 Å². The van der Waals surface area contributed by atoms with Crippen LogP contribution in [-0.2, 0) is 17.6 Å². The molecule has 20 heavy (non-hydrogen) atoms. The van der Waals surface area contributed by atoms with Crippen molar-refractivity contribution in [3.8, 4) is 0 Å². The van der Waals surface area contributed by atoms with Crippen molar-refractivity contribution >= 4 is 33.0 Å². The number of hydrogen-bond acceptors (Lipinski definition) is 2. The minimum atomic E-state index is 0.405. The molecule has 1 nitrogen and oxygen atoms in total. The van der Waals surface area contributed by atoms with Crippen molar-refractivity contribution in [2.45, 2.75) is 78.1 Å². The number of carbonyl (C=O) groups excluding carboxylic acids is 1. The van der Waals surface area contributed by atoms with Crippen molar-refractivity contribution in [3.63, 3.8) is 0 Å². The largest absolute Gasteiger partial charge is 0.299 e. The second-order valence-electron chi connectivity index (χ2n) is 5.47. The third-order valence-electron chi connectivity index (χ3n) is 3.63. The van der Waals surface area contributed by atoms with Crippen LogP contribution in [0.5, 0.6) is 0 Å². The molecule has 0 spiro atoms. The number of Topliss-reactive ketones (excluding diaryl/α,β-unsaturated/α-hetero) is 1. The average Bonchev–Trinajstić information content (AvgIpc) is 2.76. The summed E-state index contributed by atoms with van der Waals surface area (Å²) in [5, 5.41) is 2.14. The molecule has 0 bridgehead atoms. The van der Waals surface area contributed by atoms with Crippen LogP contribution in [0.15, 0.2) is 9.85 Å². The second kappa shape index (κ2) is 10.6. The van der Waals surface area contributed by atoms with Crippen molar-refractivity contribution in [3.05, 3.63) is 20.3 Å². The first-order valence-corrected chi connectivity index (χ1v) is 9.62. The summed E-state index contributed by atoms with van der Waals surface area (Å²) in [6, 6.07) is 0. The maximum absolute atomic E-state index is 12.0. The van der Waals surface area contributed by atoms with Crippen LogP contribution in [-0.4, -0.2) is 5.78 Å². The predicted molar refractivity (Wildman–Crippen MR) is 92.7 cm³/mol. The number of unbranched alkanes of at least 4 members (excludes halogenated alkanes) is 5. The third kappa shape index (κ3) is 6.53. The quantitative estimate of drug-likeness (QED) is 0.422. The van der Waals surface area contributed by atoms with E-state index in [0.29, 0.717) is 12.2 Å². The van der Waals surface area contributed by atoms with Gasteiger partial charge in [-0.05, 0) is 40.8 Å². The topological polar surface area (TPSA) is 17.1 Å². The molecular formula is C17H27BrOS. The standard InChI is InChI=1S/C17H27BrOS/c1-3-5-7-9-11-15-16(18)13-20-17(15)12-14(19)10-8-6-4-2/h13H,3-12H2,1-2H3. The molecule has 0 N–H and O–H groups in total. The Morgan fingerprint density at radius 1 is 1.10 bits per heavy atom. The number of halogens is 1. The minimum Gasteiger partial charge on any atom is -0.299 e. The van der Waals surface area contributed by atoms with Gasteiger partial charge in [-0.1, -0.05) is 46.0 Å². The van der Waals surface area contributed by atoms with E-state index in [1.54, 1.807) is 11.3 Å². The highest BCUT2D eigenvalue weighted by Crippen LogP contribution is 2.30. The van der Waals surface area contributed by atoms with E-state index in [9.17, 15) is 4.79 Å². The van der Waals surface area contributed by atoms with Gasteiger partial charge >= 0.3 is 0 Å². The first kappa shape index (κ1) is 17.9. The zero-order valence-electron chi connectivity index (χ0n) is 12.8. The van der Waals surface area contributed by atoms with Gasteiger partial charge in [0.25, 0.3) is 0 Å². The Hall–Kier alpha value is -0.150. The first-order chi connectivity index (χ1) is 9.69. The van der Waals surface area contributed by atoms with E-state index in [2.05, 4.69) is 35.2 Å². The lowest BCUT2D eigenvalue weighted by molar-refractivity contribution is -0.118. The van der Waals surface area contributed by atoms with Crippen molar-refractivity contribution in [2.24, 2.45) is 0 Å². The van der Waals surface area contributed by atoms with Gasteiger partial charge in [0, 0.05) is 27.6 Å². The molecular weight excluding hydrogens is 332 g/mol. The summed E-state index contributed by atoms with van der Waals surface area (Å²) in [7, 11) is 0. The van der Waals surface area contributed by atoms with E-state index in [0.717, 1.165) is 19.3 Å². The Labute approximate surface area is 136 Å². The van der Waals surface area contributed by atoms with E-state index < -0.39 is 0 Å². The summed E-state index contributed by atoms with van der Waals surface area (Å²) < 4.78 is 1.20. The molecule has 0 aromatic carbocycles. The zero-order chi connectivity index (χ0) is 14.8. The fourth-order valence-electron chi connectivity index (χ4n) is 2.37. The molecule has 1 heterocycles. The molecule has 0 radical (unpaired) electrons. The van der Waals surface area contributed by atoms with Crippen LogP contribution in [0.25, 0.3) is 0 Å². The molecule has 0 fully saturated rings. The zero-order valence-corrected chi connectivity index (χ0v) is 15.2. The van der Waals surface area contributed by atoms with Crippen LogP contribution in [0.4, 0.5) is 0 Å². The first-order valence-electron chi connectivity index (χ1n) is 7.95. The van der Waals surface area contributed by atoms with Crippen LogP contribution in [0, 0.1) is 0 Å². The molecule has 0 aliphatic rings. The SMILES string of the molecule is CCCCCCc1c(Br)csc1CC(=O)CCCCC. The van der Waals surface area contributed by atoms with Crippen molar-refractivity contribution in [2.75, 3.05) is 0 Å². The minimum absolute atomic E-state index is 0.405. The summed E-state index contributed by atoms with van der Waals surface area (Å²) in [6.07, 6.45) is 11.0. The Morgan fingerprint density at radius 2 is 1.80 bits per heavy atom. The molecule has 1 aromatic rings. The smallest absolute Gasteiger partial charge is 0.138 e. The van der Waals surface area contributed by atoms with Gasteiger partial charge in [-0.15, -0.1) is 11.3 Å². The number of rotatable bonds is 11. The number of hydrogen-bond donors (Lipinski definition) is 0. The molecule has 0 unspecified atom stereocenters. The second-order valence-corrected chi connectivity index (χ2v) is 7.29. The molecule has 0 aliphatic heterocycles. The van der Waals surface area contributed by atoms with Gasteiger partial charge < -0.3 is 0 Å². The summed E-state index contributed by atoms with van der Waals surface area (Å²) in [4.78, 5) is 13.3. The molecule has 0 atom stereocenters. The van der Waals surface area contributed by atoms with Gasteiger partial charge in [-0.25, -0.2) is 0 Å². The summed E-state index contributed by atoms with van der Waals surface area (Å²) in [5.74, 6) is 0.405. The Kier molecular flexibility index (Phi) is 9.45. The average molecular weight is 359 g/mol. The van der Waals surface area contributed by atoms with Crippen molar-refractivity contribution < 1.29 is 4.79 Å². The van der Waals surface area contributed by atoms with E-state index in [1.807, 2.05) is 0 Å². The molecule has 1 rings (SSSR count). The Bertz CT molecular complexity index is 398. The van der Waals surface area contributed by atoms with Crippen molar-refractivity contribution in [1.82, 2.24) is 0 Å². The molecule has 3 heteroatoms. The molecule has 0 amide bonds. The van der Waals surface area contributed by atoms with Crippen LogP contribution in [0.2, 0.25) is 0 Å². The summed E-state index contributed by atoms with van der Waals surface area (Å²) in [5.41, 5.74) is 1.38. The van der Waals surface area contributed by atoms with Gasteiger partial charge in [0.05, 0.1) is 0 Å². The van der Waals surface area contributed by atoms with Gasteiger partial charge in [0.2, 0.25) is 0 Å². The van der Waals surface area contributed by atoms with Crippen LogP contribution in [0.3, 0.4) is 0 Å². The summed E-state index contributed by atoms with van der Waals surface area (Å²) >= 11 is 5.38. The lowest BCUT2D eigenvalue weighted by Crippen LogP contribution is -2.03. The maximum Gasteiger partial charge on any atom is 0.138 e. The molecule has 0 saturated heterocycles. The number of thiophene rings is 1. The fraction of sp³-hybridized carbons (Fsp3) is 0.706. The highest BCUT2D eigenvalue weighted by Gasteiger charge is 2.13. The van der Waals surface area contributed by atoms with Crippen LogP contribution >= 0.6 is 27.3 Å². The Morgan fingerprint density at radius 3 is 2.50 bits per heavy atom. The predicted octanol–water partition coefficient (Wildman–Crippen LogP) is 6.33. The summed E-state index contributed by atoms with van der Waals surface area (Å²) in [6.45, 7) is 4.41. The van der Waals surface area contributed by atoms with E-state index >= 15 is 0 Å². The van der Waals surface area contributed by atoms with Crippen LogP contribution in [0.1, 0.15) is 75.7 Å². The van der Waals surface area contributed by atoms with Gasteiger partial charge in [0.1, 0.15) is 5.78 Å². The van der Waals surface area contributed by atoms with Gasteiger partial charge in [-0.2, -0.15) is 0 Å². The third-order valence-corrected chi connectivity index (χ3v) is 5.67. The maximum atomic E-state index is 12.0. The normalized spacial score (nSPS) is 10.9. The monoisotopic (exact) mass is 358 g/mol. The lowest BCUT2D eigenvalue weighted by Gasteiger charge is -2.05. The fourth-order valence-corrected chi connectivity index (χ4v) is 4.21.